The number of hydrogen-bond acceptors (Lipinski definition) is 3. The van der Waals surface area contributed by atoms with Crippen molar-refractivity contribution in [2.75, 3.05) is 36.0 Å². The Kier molecular flexibility index (Phi) is 5.41. The number of aliphatic hydroxyl groups excluding tert-OH is 1. The number of benzene rings is 1. The molecular formula is C16H24N2O2. The molecule has 4 nitrogen and oxygen atoms in total. The first kappa shape index (κ1) is 14.9. The van der Waals surface area contributed by atoms with Crippen LogP contribution in [0.1, 0.15) is 32.6 Å². The topological polar surface area (TPSA) is 43.8 Å². The number of carbonyl (C=O) groups excluding carboxylic acids is 1. The summed E-state index contributed by atoms with van der Waals surface area (Å²) in [6.07, 6.45) is 3.99. The summed E-state index contributed by atoms with van der Waals surface area (Å²) in [5.41, 5.74) is 2.18. The summed E-state index contributed by atoms with van der Waals surface area (Å²) in [5.74, 6) is 0.111. The summed E-state index contributed by atoms with van der Waals surface area (Å²) < 4.78 is 0. The number of aliphatic hydroxyl groups is 1. The largest absolute Gasteiger partial charge is 0.396 e. The minimum atomic E-state index is 0.111. The van der Waals surface area contributed by atoms with Crippen molar-refractivity contribution < 1.29 is 9.90 Å². The molecule has 110 valence electrons. The number of anilines is 2. The van der Waals surface area contributed by atoms with Crippen LogP contribution in [0.4, 0.5) is 11.4 Å². The Morgan fingerprint density at radius 2 is 1.90 bits per heavy atom. The number of carbonyl (C=O) groups is 1. The van der Waals surface area contributed by atoms with Crippen molar-refractivity contribution in [1.82, 2.24) is 0 Å². The van der Waals surface area contributed by atoms with Gasteiger partial charge in [0.05, 0.1) is 11.4 Å². The molecule has 4 heteroatoms. The lowest BCUT2D eigenvalue weighted by Gasteiger charge is -2.26. The van der Waals surface area contributed by atoms with Crippen molar-refractivity contribution in [2.45, 2.75) is 32.6 Å². The van der Waals surface area contributed by atoms with Gasteiger partial charge in [0.25, 0.3) is 0 Å². The first-order chi connectivity index (χ1) is 9.74. The fourth-order valence-electron chi connectivity index (χ4n) is 2.77. The molecule has 1 aliphatic rings. The van der Waals surface area contributed by atoms with Crippen LogP contribution >= 0.6 is 0 Å². The highest BCUT2D eigenvalue weighted by Crippen LogP contribution is 2.32. The number of hydrogen-bond donors (Lipinski definition) is 1. The third-order valence-electron chi connectivity index (χ3n) is 3.79. The number of amides is 1. The Balaban J connectivity index is 2.13. The van der Waals surface area contributed by atoms with Gasteiger partial charge in [0.1, 0.15) is 0 Å². The van der Waals surface area contributed by atoms with Crippen LogP contribution in [0, 0.1) is 0 Å². The van der Waals surface area contributed by atoms with Gasteiger partial charge in [-0.05, 0) is 37.8 Å². The van der Waals surface area contributed by atoms with Crippen LogP contribution in [0.5, 0.6) is 0 Å². The van der Waals surface area contributed by atoms with E-state index in [4.69, 9.17) is 5.11 Å². The molecule has 0 saturated carbocycles. The highest BCUT2D eigenvalue weighted by Gasteiger charge is 2.21. The zero-order valence-corrected chi connectivity index (χ0v) is 12.2. The summed E-state index contributed by atoms with van der Waals surface area (Å²) in [4.78, 5) is 16.0. The Morgan fingerprint density at radius 3 is 2.60 bits per heavy atom. The third-order valence-corrected chi connectivity index (χ3v) is 3.79. The molecule has 1 aromatic rings. The molecule has 0 saturated heterocycles. The first-order valence-electron chi connectivity index (χ1n) is 7.47. The predicted molar refractivity (Wildman–Crippen MR) is 82.2 cm³/mol. The van der Waals surface area contributed by atoms with Crippen LogP contribution in [-0.2, 0) is 4.79 Å². The minimum Gasteiger partial charge on any atom is -0.396 e. The fourth-order valence-corrected chi connectivity index (χ4v) is 2.77. The van der Waals surface area contributed by atoms with E-state index >= 15 is 0 Å². The monoisotopic (exact) mass is 276 g/mol. The molecule has 1 N–H and O–H groups in total. The van der Waals surface area contributed by atoms with E-state index in [9.17, 15) is 4.79 Å². The normalized spacial score (nSPS) is 14.9. The van der Waals surface area contributed by atoms with Crippen molar-refractivity contribution in [2.24, 2.45) is 0 Å². The maximum Gasteiger partial charge on any atom is 0.223 e. The standard InChI is InChI=1S/C16H24N2O2/c1-14(20)18-12-7-11-17(10-5-2-6-13-19)15-8-3-4-9-16(15)18/h3-4,8-9,19H,2,5-7,10-13H2,1H3. The first-order valence-corrected chi connectivity index (χ1v) is 7.47. The van der Waals surface area contributed by atoms with E-state index in [1.165, 1.54) is 0 Å². The minimum absolute atomic E-state index is 0.111. The van der Waals surface area contributed by atoms with E-state index in [0.717, 1.165) is 56.7 Å². The highest BCUT2D eigenvalue weighted by atomic mass is 16.2. The van der Waals surface area contributed by atoms with Gasteiger partial charge in [-0.15, -0.1) is 0 Å². The second kappa shape index (κ2) is 7.29. The maximum atomic E-state index is 11.8. The van der Waals surface area contributed by atoms with Crippen LogP contribution in [-0.4, -0.2) is 37.3 Å². The van der Waals surface area contributed by atoms with Gasteiger partial charge in [-0.25, -0.2) is 0 Å². The number of rotatable bonds is 5. The zero-order chi connectivity index (χ0) is 14.4. The highest BCUT2D eigenvalue weighted by molar-refractivity contribution is 5.95. The zero-order valence-electron chi connectivity index (χ0n) is 12.2. The quantitative estimate of drug-likeness (QED) is 0.840. The van der Waals surface area contributed by atoms with Gasteiger partial charge < -0.3 is 14.9 Å². The Hall–Kier alpha value is -1.55. The van der Waals surface area contributed by atoms with Gasteiger partial charge in [0.2, 0.25) is 5.91 Å². The average Bonchev–Trinajstić information content (AvgIpc) is 2.63. The Labute approximate surface area is 121 Å². The molecular weight excluding hydrogens is 252 g/mol. The molecule has 0 unspecified atom stereocenters. The SMILES string of the molecule is CC(=O)N1CCCN(CCCCCO)c2ccccc21. The van der Waals surface area contributed by atoms with Crippen LogP contribution < -0.4 is 9.80 Å². The van der Waals surface area contributed by atoms with E-state index in [-0.39, 0.29) is 12.5 Å². The molecule has 0 atom stereocenters. The molecule has 1 heterocycles. The second-order valence-electron chi connectivity index (χ2n) is 5.28. The molecule has 0 aliphatic carbocycles. The van der Waals surface area contributed by atoms with Crippen molar-refractivity contribution in [3.05, 3.63) is 24.3 Å². The molecule has 1 aromatic carbocycles. The number of para-hydroxylation sites is 2. The van der Waals surface area contributed by atoms with Crippen molar-refractivity contribution >= 4 is 17.3 Å². The summed E-state index contributed by atoms with van der Waals surface area (Å²) in [6, 6.07) is 8.15. The van der Waals surface area contributed by atoms with E-state index in [1.54, 1.807) is 6.92 Å². The summed E-state index contributed by atoms with van der Waals surface area (Å²) in [7, 11) is 0. The van der Waals surface area contributed by atoms with Crippen molar-refractivity contribution in [3.63, 3.8) is 0 Å². The van der Waals surface area contributed by atoms with Gasteiger partial charge in [-0.1, -0.05) is 12.1 Å². The smallest absolute Gasteiger partial charge is 0.223 e. The van der Waals surface area contributed by atoms with Crippen LogP contribution in [0.2, 0.25) is 0 Å². The van der Waals surface area contributed by atoms with Gasteiger partial charge in [0.15, 0.2) is 0 Å². The van der Waals surface area contributed by atoms with Crippen LogP contribution in [0.25, 0.3) is 0 Å². The van der Waals surface area contributed by atoms with E-state index in [1.807, 2.05) is 23.1 Å². The van der Waals surface area contributed by atoms with Crippen LogP contribution in [0.15, 0.2) is 24.3 Å². The Morgan fingerprint density at radius 1 is 1.15 bits per heavy atom. The van der Waals surface area contributed by atoms with Crippen molar-refractivity contribution in [1.29, 1.82) is 0 Å². The molecule has 20 heavy (non-hydrogen) atoms. The third kappa shape index (κ3) is 3.51. The number of unbranched alkanes of at least 4 members (excludes halogenated alkanes) is 2. The van der Waals surface area contributed by atoms with Gasteiger partial charge in [-0.2, -0.15) is 0 Å². The van der Waals surface area contributed by atoms with Crippen molar-refractivity contribution in [3.8, 4) is 0 Å². The Bertz CT molecular complexity index is 448. The number of fused-ring (bicyclic) bond motifs is 1. The second-order valence-corrected chi connectivity index (χ2v) is 5.28. The molecule has 0 aromatic heterocycles. The molecule has 0 radical (unpaired) electrons. The lowest BCUT2D eigenvalue weighted by Crippen LogP contribution is -2.28. The van der Waals surface area contributed by atoms with E-state index in [0.29, 0.717) is 0 Å². The summed E-state index contributed by atoms with van der Waals surface area (Å²) in [5, 5.41) is 8.84. The van der Waals surface area contributed by atoms with E-state index < -0.39 is 0 Å². The summed E-state index contributed by atoms with van der Waals surface area (Å²) >= 11 is 0. The molecule has 0 fully saturated rings. The molecule has 1 amide bonds. The van der Waals surface area contributed by atoms with Gasteiger partial charge in [-0.3, -0.25) is 4.79 Å². The molecule has 0 spiro atoms. The van der Waals surface area contributed by atoms with E-state index in [2.05, 4.69) is 11.0 Å². The molecule has 1 aliphatic heterocycles. The van der Waals surface area contributed by atoms with Gasteiger partial charge in [0, 0.05) is 33.2 Å². The predicted octanol–water partition coefficient (Wildman–Crippen LogP) is 2.41. The molecule has 0 bridgehead atoms. The number of nitrogens with zero attached hydrogens (tertiary/aromatic N) is 2. The average molecular weight is 276 g/mol. The maximum absolute atomic E-state index is 11.8. The fraction of sp³-hybridized carbons (Fsp3) is 0.562. The molecule has 2 rings (SSSR count). The summed E-state index contributed by atoms with van der Waals surface area (Å²) in [6.45, 7) is 4.67. The van der Waals surface area contributed by atoms with Crippen LogP contribution in [0.3, 0.4) is 0 Å². The van der Waals surface area contributed by atoms with Gasteiger partial charge >= 0.3 is 0 Å². The lowest BCUT2D eigenvalue weighted by molar-refractivity contribution is -0.116. The lowest BCUT2D eigenvalue weighted by atomic mass is 10.2.